The lowest BCUT2D eigenvalue weighted by atomic mass is 10.0. The highest BCUT2D eigenvalue weighted by atomic mass is 16.2. The maximum Gasteiger partial charge on any atom is 0.274 e. The maximum absolute atomic E-state index is 12.7. The van der Waals surface area contributed by atoms with Crippen LogP contribution in [0.15, 0.2) is 66.9 Å². The molecule has 2 heterocycles. The highest BCUT2D eigenvalue weighted by Gasteiger charge is 2.19. The minimum Gasteiger partial charge on any atom is -0.341 e. The van der Waals surface area contributed by atoms with Gasteiger partial charge >= 0.3 is 0 Å². The molecule has 0 bridgehead atoms. The highest BCUT2D eigenvalue weighted by molar-refractivity contribution is 6.03. The molecule has 2 N–H and O–H groups in total. The molecule has 29 heavy (non-hydrogen) atoms. The Balaban J connectivity index is 1.52. The molecule has 0 atom stereocenters. The standard InChI is InChI=1S/C23H22N4O2/c1-16(28)25-18-8-10-19(11-9-18)26-23(29)21-15-20(12-13-24-21)27-14-4-6-17-5-2-3-7-22(17)27/h2-3,5,7-13,15H,4,6,14H2,1H3,(H,25,28)(H,26,29). The smallest absolute Gasteiger partial charge is 0.274 e. The van der Waals surface area contributed by atoms with Gasteiger partial charge in [-0.3, -0.25) is 14.6 Å². The largest absolute Gasteiger partial charge is 0.341 e. The second kappa shape index (κ2) is 8.14. The van der Waals surface area contributed by atoms with Gasteiger partial charge in [-0.1, -0.05) is 18.2 Å². The van der Waals surface area contributed by atoms with Crippen LogP contribution in [0.5, 0.6) is 0 Å². The fourth-order valence-electron chi connectivity index (χ4n) is 3.55. The van der Waals surface area contributed by atoms with Crippen LogP contribution in [0.25, 0.3) is 0 Å². The third kappa shape index (κ3) is 4.27. The molecule has 0 radical (unpaired) electrons. The average Bonchev–Trinajstić information content (AvgIpc) is 2.74. The molecule has 0 saturated heterocycles. The first-order valence-electron chi connectivity index (χ1n) is 9.61. The van der Waals surface area contributed by atoms with Crippen LogP contribution in [0.4, 0.5) is 22.7 Å². The van der Waals surface area contributed by atoms with Gasteiger partial charge in [0.1, 0.15) is 5.69 Å². The van der Waals surface area contributed by atoms with Gasteiger partial charge in [-0.15, -0.1) is 0 Å². The van der Waals surface area contributed by atoms with Gasteiger partial charge in [0.05, 0.1) is 0 Å². The van der Waals surface area contributed by atoms with E-state index in [9.17, 15) is 9.59 Å². The molecular weight excluding hydrogens is 364 g/mol. The predicted molar refractivity (Wildman–Crippen MR) is 115 cm³/mol. The lowest BCUT2D eigenvalue weighted by Gasteiger charge is -2.31. The van der Waals surface area contributed by atoms with Crippen molar-refractivity contribution < 1.29 is 9.59 Å². The Hall–Kier alpha value is -3.67. The molecule has 146 valence electrons. The second-order valence-electron chi connectivity index (χ2n) is 7.00. The van der Waals surface area contributed by atoms with Crippen LogP contribution in [0, 0.1) is 0 Å². The van der Waals surface area contributed by atoms with Crippen LogP contribution in [0.3, 0.4) is 0 Å². The molecule has 6 heteroatoms. The molecule has 0 fully saturated rings. The van der Waals surface area contributed by atoms with E-state index in [1.165, 1.54) is 18.2 Å². The monoisotopic (exact) mass is 386 g/mol. The Bertz CT molecular complexity index is 1050. The molecule has 2 aromatic carbocycles. The number of nitrogens with zero attached hydrogens (tertiary/aromatic N) is 2. The average molecular weight is 386 g/mol. The first kappa shape index (κ1) is 18.7. The number of rotatable bonds is 4. The Labute approximate surface area is 169 Å². The second-order valence-corrected chi connectivity index (χ2v) is 7.00. The van der Waals surface area contributed by atoms with E-state index < -0.39 is 0 Å². The molecule has 1 aliphatic rings. The lowest BCUT2D eigenvalue weighted by molar-refractivity contribution is -0.114. The zero-order valence-electron chi connectivity index (χ0n) is 16.2. The summed E-state index contributed by atoms with van der Waals surface area (Å²) in [5.74, 6) is -0.411. The summed E-state index contributed by atoms with van der Waals surface area (Å²) in [6.07, 6.45) is 3.81. The summed E-state index contributed by atoms with van der Waals surface area (Å²) in [5.41, 5.74) is 5.14. The van der Waals surface area contributed by atoms with E-state index in [4.69, 9.17) is 0 Å². The van der Waals surface area contributed by atoms with Crippen LogP contribution in [-0.2, 0) is 11.2 Å². The van der Waals surface area contributed by atoms with E-state index in [0.717, 1.165) is 25.1 Å². The van der Waals surface area contributed by atoms with Crippen LogP contribution < -0.4 is 15.5 Å². The summed E-state index contributed by atoms with van der Waals surface area (Å²) in [6.45, 7) is 2.36. The van der Waals surface area contributed by atoms with Crippen molar-refractivity contribution in [2.24, 2.45) is 0 Å². The number of fused-ring (bicyclic) bond motifs is 1. The van der Waals surface area contributed by atoms with E-state index in [-0.39, 0.29) is 11.8 Å². The van der Waals surface area contributed by atoms with Crippen LogP contribution >= 0.6 is 0 Å². The summed E-state index contributed by atoms with van der Waals surface area (Å²) >= 11 is 0. The number of amides is 2. The number of aromatic nitrogens is 1. The van der Waals surface area contributed by atoms with Crippen molar-refractivity contribution in [2.75, 3.05) is 22.1 Å². The maximum atomic E-state index is 12.7. The van der Waals surface area contributed by atoms with Gasteiger partial charge < -0.3 is 15.5 Å². The summed E-state index contributed by atoms with van der Waals surface area (Å²) < 4.78 is 0. The summed E-state index contributed by atoms with van der Waals surface area (Å²) in [7, 11) is 0. The first-order valence-corrected chi connectivity index (χ1v) is 9.61. The number of carbonyl (C=O) groups is 2. The number of aryl methyl sites for hydroxylation is 1. The zero-order valence-corrected chi connectivity index (χ0v) is 16.2. The predicted octanol–water partition coefficient (Wildman–Crippen LogP) is 4.38. The Kier molecular flexibility index (Phi) is 5.24. The summed E-state index contributed by atoms with van der Waals surface area (Å²) in [5, 5.41) is 5.55. The molecular formula is C23H22N4O2. The third-order valence-electron chi connectivity index (χ3n) is 4.86. The Morgan fingerprint density at radius 2 is 1.69 bits per heavy atom. The number of benzene rings is 2. The number of pyridine rings is 1. The molecule has 6 nitrogen and oxygen atoms in total. The van der Waals surface area contributed by atoms with Crippen molar-refractivity contribution in [3.05, 3.63) is 78.1 Å². The molecule has 4 rings (SSSR count). The number of carbonyl (C=O) groups excluding carboxylic acids is 2. The molecule has 1 aliphatic heterocycles. The fourth-order valence-corrected chi connectivity index (χ4v) is 3.55. The number of anilines is 4. The van der Waals surface area contributed by atoms with Gasteiger partial charge in [0.25, 0.3) is 5.91 Å². The van der Waals surface area contributed by atoms with E-state index in [1.807, 2.05) is 18.2 Å². The van der Waals surface area contributed by atoms with Gasteiger partial charge in [0.15, 0.2) is 0 Å². The number of hydrogen-bond acceptors (Lipinski definition) is 4. The van der Waals surface area contributed by atoms with Crippen LogP contribution in [0.1, 0.15) is 29.4 Å². The van der Waals surface area contributed by atoms with Gasteiger partial charge in [-0.2, -0.15) is 0 Å². The molecule has 0 aliphatic carbocycles. The van der Waals surface area contributed by atoms with Gasteiger partial charge in [0, 0.05) is 42.4 Å². The van der Waals surface area contributed by atoms with Gasteiger partial charge in [-0.25, -0.2) is 0 Å². The Morgan fingerprint density at radius 3 is 2.45 bits per heavy atom. The number of nitrogens with one attached hydrogen (secondary N) is 2. The van der Waals surface area contributed by atoms with Gasteiger partial charge in [0.2, 0.25) is 5.91 Å². The molecule has 0 unspecified atom stereocenters. The quantitative estimate of drug-likeness (QED) is 0.698. The van der Waals surface area contributed by atoms with Crippen molar-refractivity contribution >= 4 is 34.6 Å². The summed E-state index contributed by atoms with van der Waals surface area (Å²) in [4.78, 5) is 30.3. The first-order chi connectivity index (χ1) is 14.1. The summed E-state index contributed by atoms with van der Waals surface area (Å²) in [6, 6.07) is 19.1. The van der Waals surface area contributed by atoms with Crippen molar-refractivity contribution in [1.82, 2.24) is 4.98 Å². The fraction of sp³-hybridized carbons (Fsp3) is 0.174. The molecule has 0 saturated carbocycles. The molecule has 1 aromatic heterocycles. The number of hydrogen-bond donors (Lipinski definition) is 2. The molecule has 0 spiro atoms. The lowest BCUT2D eigenvalue weighted by Crippen LogP contribution is -2.25. The topological polar surface area (TPSA) is 74.3 Å². The van der Waals surface area contributed by atoms with Crippen molar-refractivity contribution in [1.29, 1.82) is 0 Å². The minimum atomic E-state index is -0.274. The van der Waals surface area contributed by atoms with Crippen molar-refractivity contribution in [3.8, 4) is 0 Å². The van der Waals surface area contributed by atoms with Crippen molar-refractivity contribution in [2.45, 2.75) is 19.8 Å². The van der Waals surface area contributed by atoms with Gasteiger partial charge in [-0.05, 0) is 60.9 Å². The SMILES string of the molecule is CC(=O)Nc1ccc(NC(=O)c2cc(N3CCCc4ccccc43)ccn2)cc1. The van der Waals surface area contributed by atoms with E-state index in [1.54, 1.807) is 30.5 Å². The Morgan fingerprint density at radius 1 is 0.966 bits per heavy atom. The highest BCUT2D eigenvalue weighted by Crippen LogP contribution is 2.33. The normalized spacial score (nSPS) is 12.8. The molecule has 2 amide bonds. The molecule has 3 aromatic rings. The van der Waals surface area contributed by atoms with Crippen LogP contribution in [0.2, 0.25) is 0 Å². The minimum absolute atomic E-state index is 0.137. The van der Waals surface area contributed by atoms with E-state index in [0.29, 0.717) is 17.1 Å². The number of para-hydroxylation sites is 1. The van der Waals surface area contributed by atoms with Crippen molar-refractivity contribution in [3.63, 3.8) is 0 Å². The zero-order chi connectivity index (χ0) is 20.2. The third-order valence-corrected chi connectivity index (χ3v) is 4.86. The van der Waals surface area contributed by atoms with E-state index in [2.05, 4.69) is 38.7 Å². The van der Waals surface area contributed by atoms with Crippen LogP contribution in [-0.4, -0.2) is 23.3 Å². The van der Waals surface area contributed by atoms with E-state index >= 15 is 0 Å².